The van der Waals surface area contributed by atoms with Gasteiger partial charge in [-0.2, -0.15) is 0 Å². The van der Waals surface area contributed by atoms with Crippen LogP contribution in [-0.2, 0) is 17.6 Å². The molecule has 2 aliphatic rings. The highest BCUT2D eigenvalue weighted by Gasteiger charge is 2.31. The van der Waals surface area contributed by atoms with Gasteiger partial charge in [0.25, 0.3) is 0 Å². The van der Waals surface area contributed by atoms with Gasteiger partial charge in [-0.15, -0.1) is 0 Å². The van der Waals surface area contributed by atoms with Crippen molar-refractivity contribution in [3.05, 3.63) is 16.7 Å². The van der Waals surface area contributed by atoms with E-state index in [4.69, 9.17) is 14.2 Å². The minimum absolute atomic E-state index is 0.149. The van der Waals surface area contributed by atoms with Crippen molar-refractivity contribution in [2.75, 3.05) is 20.3 Å². The van der Waals surface area contributed by atoms with Crippen LogP contribution in [0.5, 0.6) is 17.2 Å². The van der Waals surface area contributed by atoms with Gasteiger partial charge in [-0.25, -0.2) is 0 Å². The minimum atomic E-state index is 0.149. The summed E-state index contributed by atoms with van der Waals surface area (Å²) in [6.45, 7) is 3.55. The van der Waals surface area contributed by atoms with E-state index in [1.54, 1.807) is 7.11 Å². The predicted molar refractivity (Wildman–Crippen MR) is 79.7 cm³/mol. The molecule has 1 aromatic carbocycles. The molecule has 0 saturated heterocycles. The number of aldehydes is 1. The smallest absolute Gasteiger partial charge is 0.167 e. The largest absolute Gasteiger partial charge is 0.493 e. The van der Waals surface area contributed by atoms with Crippen LogP contribution in [0.2, 0.25) is 0 Å². The van der Waals surface area contributed by atoms with Gasteiger partial charge in [0, 0.05) is 23.1 Å². The molecule has 0 spiro atoms. The SMILES string of the molecule is COc1c2c(c(C(C)CC=O)c3c1OCCC3)OCCC2. The van der Waals surface area contributed by atoms with Crippen LogP contribution in [0.25, 0.3) is 0 Å². The second-order valence-corrected chi connectivity index (χ2v) is 5.77. The van der Waals surface area contributed by atoms with Crippen molar-refractivity contribution in [3.8, 4) is 17.2 Å². The summed E-state index contributed by atoms with van der Waals surface area (Å²) in [4.78, 5) is 11.0. The third-order valence-corrected chi connectivity index (χ3v) is 4.38. The van der Waals surface area contributed by atoms with Crippen LogP contribution in [0, 0.1) is 0 Å². The molecule has 3 rings (SSSR count). The third-order valence-electron chi connectivity index (χ3n) is 4.38. The fraction of sp³-hybridized carbons (Fsp3) is 0.588. The van der Waals surface area contributed by atoms with Crippen LogP contribution in [0.15, 0.2) is 0 Å². The summed E-state index contributed by atoms with van der Waals surface area (Å²) in [6.07, 6.45) is 5.38. The maximum absolute atomic E-state index is 11.0. The molecule has 0 bridgehead atoms. The van der Waals surface area contributed by atoms with Crippen molar-refractivity contribution < 1.29 is 19.0 Å². The van der Waals surface area contributed by atoms with E-state index in [0.717, 1.165) is 73.6 Å². The van der Waals surface area contributed by atoms with E-state index in [-0.39, 0.29) is 5.92 Å². The number of methoxy groups -OCH3 is 1. The van der Waals surface area contributed by atoms with E-state index in [1.807, 2.05) is 0 Å². The average molecular weight is 290 g/mol. The maximum Gasteiger partial charge on any atom is 0.167 e. The van der Waals surface area contributed by atoms with E-state index in [0.29, 0.717) is 6.42 Å². The van der Waals surface area contributed by atoms with Gasteiger partial charge in [-0.05, 0) is 31.6 Å². The topological polar surface area (TPSA) is 44.8 Å². The van der Waals surface area contributed by atoms with Crippen LogP contribution < -0.4 is 14.2 Å². The second kappa shape index (κ2) is 5.96. The first-order valence-electron chi connectivity index (χ1n) is 7.72. The maximum atomic E-state index is 11.0. The van der Waals surface area contributed by atoms with E-state index >= 15 is 0 Å². The highest BCUT2D eigenvalue weighted by molar-refractivity contribution is 5.66. The van der Waals surface area contributed by atoms with Crippen molar-refractivity contribution in [2.24, 2.45) is 0 Å². The van der Waals surface area contributed by atoms with Crippen LogP contribution >= 0.6 is 0 Å². The summed E-state index contributed by atoms with van der Waals surface area (Å²) in [5, 5.41) is 0. The molecular formula is C17H22O4. The summed E-state index contributed by atoms with van der Waals surface area (Å²) < 4.78 is 17.5. The number of hydrogen-bond acceptors (Lipinski definition) is 4. The Bertz CT molecular complexity index is 513. The summed E-state index contributed by atoms with van der Waals surface area (Å²) in [5.74, 6) is 2.80. The first-order valence-corrected chi connectivity index (χ1v) is 7.72. The van der Waals surface area contributed by atoms with Gasteiger partial charge < -0.3 is 19.0 Å². The van der Waals surface area contributed by atoms with Crippen LogP contribution in [0.1, 0.15) is 48.8 Å². The molecular weight excluding hydrogens is 268 g/mol. The van der Waals surface area contributed by atoms with Crippen molar-refractivity contribution in [1.29, 1.82) is 0 Å². The molecule has 0 saturated carbocycles. The third kappa shape index (κ3) is 2.37. The van der Waals surface area contributed by atoms with Gasteiger partial charge in [-0.3, -0.25) is 0 Å². The molecule has 4 nitrogen and oxygen atoms in total. The Labute approximate surface area is 125 Å². The molecule has 1 unspecified atom stereocenters. The molecule has 1 atom stereocenters. The summed E-state index contributed by atoms with van der Waals surface area (Å²) >= 11 is 0. The number of carbonyl (C=O) groups is 1. The summed E-state index contributed by atoms with van der Waals surface area (Å²) in [5.41, 5.74) is 3.44. The quantitative estimate of drug-likeness (QED) is 0.800. The Morgan fingerprint density at radius 3 is 2.48 bits per heavy atom. The lowest BCUT2D eigenvalue weighted by Crippen LogP contribution is -2.19. The first kappa shape index (κ1) is 14.2. The van der Waals surface area contributed by atoms with Gasteiger partial charge in [0.2, 0.25) is 0 Å². The number of benzene rings is 1. The van der Waals surface area contributed by atoms with Gasteiger partial charge in [0.05, 0.1) is 20.3 Å². The van der Waals surface area contributed by atoms with Gasteiger partial charge in [-0.1, -0.05) is 6.92 Å². The molecule has 0 aliphatic carbocycles. The van der Waals surface area contributed by atoms with Crippen molar-refractivity contribution in [1.82, 2.24) is 0 Å². The molecule has 21 heavy (non-hydrogen) atoms. The zero-order chi connectivity index (χ0) is 14.8. The van der Waals surface area contributed by atoms with Crippen LogP contribution in [0.4, 0.5) is 0 Å². The van der Waals surface area contributed by atoms with Crippen LogP contribution in [0.3, 0.4) is 0 Å². The van der Waals surface area contributed by atoms with E-state index in [2.05, 4.69) is 6.92 Å². The normalized spacial score (nSPS) is 17.8. The molecule has 1 aromatic rings. The lowest BCUT2D eigenvalue weighted by atomic mass is 9.85. The van der Waals surface area contributed by atoms with E-state index < -0.39 is 0 Å². The predicted octanol–water partition coefficient (Wildman–Crippen LogP) is 3.04. The molecule has 0 fully saturated rings. The fourth-order valence-corrected chi connectivity index (χ4v) is 3.44. The molecule has 0 N–H and O–H groups in total. The van der Waals surface area contributed by atoms with Gasteiger partial charge in [0.15, 0.2) is 11.5 Å². The summed E-state index contributed by atoms with van der Waals surface area (Å²) in [7, 11) is 1.69. The van der Waals surface area contributed by atoms with E-state index in [1.165, 1.54) is 5.56 Å². The molecule has 4 heteroatoms. The average Bonchev–Trinajstić information content (AvgIpc) is 2.52. The molecule has 2 heterocycles. The standard InChI is InChI=1S/C17H22O4/c1-11(7-8-18)14-12-5-3-10-21-17(12)16(19-2)13-6-4-9-20-15(13)14/h8,11H,3-7,9-10H2,1-2H3. The molecule has 2 aliphatic heterocycles. The number of fused-ring (bicyclic) bond motifs is 2. The van der Waals surface area contributed by atoms with Crippen molar-refractivity contribution >= 4 is 6.29 Å². The van der Waals surface area contributed by atoms with Crippen molar-refractivity contribution in [3.63, 3.8) is 0 Å². The molecule has 114 valence electrons. The number of hydrogen-bond donors (Lipinski definition) is 0. The lowest BCUT2D eigenvalue weighted by Gasteiger charge is -2.31. The van der Waals surface area contributed by atoms with E-state index in [9.17, 15) is 4.79 Å². The second-order valence-electron chi connectivity index (χ2n) is 5.77. The Hall–Kier alpha value is -1.71. The zero-order valence-corrected chi connectivity index (χ0v) is 12.7. The summed E-state index contributed by atoms with van der Waals surface area (Å²) in [6, 6.07) is 0. The first-order chi connectivity index (χ1) is 10.3. The molecule has 0 amide bonds. The zero-order valence-electron chi connectivity index (χ0n) is 12.7. The molecule has 0 radical (unpaired) electrons. The lowest BCUT2D eigenvalue weighted by molar-refractivity contribution is -0.108. The Morgan fingerprint density at radius 1 is 1.14 bits per heavy atom. The fourth-order valence-electron chi connectivity index (χ4n) is 3.44. The van der Waals surface area contributed by atoms with Crippen LogP contribution in [-0.4, -0.2) is 26.6 Å². The Morgan fingerprint density at radius 2 is 1.81 bits per heavy atom. The number of rotatable bonds is 4. The number of carbonyl (C=O) groups excluding carboxylic acids is 1. The van der Waals surface area contributed by atoms with Gasteiger partial charge >= 0.3 is 0 Å². The van der Waals surface area contributed by atoms with Gasteiger partial charge in [0.1, 0.15) is 12.0 Å². The Balaban J connectivity index is 2.23. The highest BCUT2D eigenvalue weighted by atomic mass is 16.5. The Kier molecular flexibility index (Phi) is 4.04. The molecule has 0 aromatic heterocycles. The minimum Gasteiger partial charge on any atom is -0.493 e. The number of ether oxygens (including phenoxy) is 3. The highest BCUT2D eigenvalue weighted by Crippen LogP contribution is 2.50. The monoisotopic (exact) mass is 290 g/mol. The van der Waals surface area contributed by atoms with Crippen molar-refractivity contribution in [2.45, 2.75) is 44.9 Å².